The van der Waals surface area contributed by atoms with Gasteiger partial charge in [-0.1, -0.05) is 12.1 Å². The third kappa shape index (κ3) is 1.77. The molecule has 0 spiro atoms. The van der Waals surface area contributed by atoms with Crippen LogP contribution in [0.15, 0.2) is 29.2 Å². The smallest absolute Gasteiger partial charge is 0.0590 e. The molecule has 0 radical (unpaired) electrons. The van der Waals surface area contributed by atoms with E-state index in [1.54, 1.807) is 0 Å². The SMILES string of the molecule is Cc1cccc([S+](C)C)c1. The van der Waals surface area contributed by atoms with E-state index in [0.29, 0.717) is 10.9 Å². The molecule has 0 unspecified atom stereocenters. The van der Waals surface area contributed by atoms with Gasteiger partial charge in [0.05, 0.1) is 0 Å². The second-order valence-corrected chi connectivity index (χ2v) is 4.74. The molecule has 0 heterocycles. The summed E-state index contributed by atoms with van der Waals surface area (Å²) in [7, 11) is 0.411. The van der Waals surface area contributed by atoms with Crippen LogP contribution in [0, 0.1) is 6.92 Å². The van der Waals surface area contributed by atoms with Crippen LogP contribution in [0.5, 0.6) is 0 Å². The molecule has 0 aliphatic heterocycles. The lowest BCUT2D eigenvalue weighted by Gasteiger charge is -1.95. The van der Waals surface area contributed by atoms with Gasteiger partial charge in [-0.25, -0.2) is 0 Å². The monoisotopic (exact) mass is 153 g/mol. The van der Waals surface area contributed by atoms with Crippen molar-refractivity contribution in [1.82, 2.24) is 0 Å². The average Bonchev–Trinajstić information content (AvgIpc) is 1.88. The Morgan fingerprint density at radius 2 is 1.90 bits per heavy atom. The second-order valence-electron chi connectivity index (χ2n) is 2.63. The van der Waals surface area contributed by atoms with Crippen molar-refractivity contribution in [3.8, 4) is 0 Å². The second kappa shape index (κ2) is 3.11. The Hall–Kier alpha value is -0.430. The van der Waals surface area contributed by atoms with Gasteiger partial charge >= 0.3 is 0 Å². The summed E-state index contributed by atoms with van der Waals surface area (Å²) >= 11 is 0. The van der Waals surface area contributed by atoms with Crippen LogP contribution in [0.25, 0.3) is 0 Å². The number of rotatable bonds is 1. The van der Waals surface area contributed by atoms with Gasteiger partial charge in [-0.3, -0.25) is 0 Å². The fourth-order valence-electron chi connectivity index (χ4n) is 0.869. The van der Waals surface area contributed by atoms with Crippen LogP contribution in [-0.2, 0) is 10.9 Å². The summed E-state index contributed by atoms with van der Waals surface area (Å²) in [5.74, 6) is 0. The van der Waals surface area contributed by atoms with Crippen molar-refractivity contribution in [3.63, 3.8) is 0 Å². The van der Waals surface area contributed by atoms with Crippen LogP contribution in [0.3, 0.4) is 0 Å². The molecule has 0 saturated heterocycles. The first-order valence-electron chi connectivity index (χ1n) is 3.34. The normalized spacial score (nSPS) is 10.4. The molecule has 0 aliphatic rings. The molecule has 0 aliphatic carbocycles. The largest absolute Gasteiger partial charge is 0.154 e. The zero-order valence-electron chi connectivity index (χ0n) is 6.72. The lowest BCUT2D eigenvalue weighted by molar-refractivity contribution is 1.36. The Balaban J connectivity index is 2.96. The van der Waals surface area contributed by atoms with Crippen molar-refractivity contribution in [2.24, 2.45) is 0 Å². The maximum atomic E-state index is 2.25. The molecule has 54 valence electrons. The molecule has 1 heteroatoms. The molecule has 0 N–H and O–H groups in total. The topological polar surface area (TPSA) is 0 Å². The standard InChI is InChI=1S/C9H13S/c1-8-5-4-6-9(7-8)10(2)3/h4-7H,1-3H3/q+1. The first-order chi connectivity index (χ1) is 4.70. The van der Waals surface area contributed by atoms with Crippen molar-refractivity contribution >= 4 is 10.9 Å². The summed E-state index contributed by atoms with van der Waals surface area (Å²) in [4.78, 5) is 1.46. The van der Waals surface area contributed by atoms with E-state index in [4.69, 9.17) is 0 Å². The minimum absolute atomic E-state index is 0.411. The van der Waals surface area contributed by atoms with E-state index in [2.05, 4.69) is 43.7 Å². The molecule has 0 fully saturated rings. The molecular weight excluding hydrogens is 140 g/mol. The lowest BCUT2D eigenvalue weighted by Crippen LogP contribution is -1.94. The Bertz CT molecular complexity index is 216. The fourth-order valence-corrected chi connectivity index (χ4v) is 1.64. The Morgan fingerprint density at radius 1 is 1.20 bits per heavy atom. The zero-order chi connectivity index (χ0) is 7.56. The highest BCUT2D eigenvalue weighted by atomic mass is 32.2. The van der Waals surface area contributed by atoms with E-state index in [1.165, 1.54) is 10.5 Å². The van der Waals surface area contributed by atoms with Crippen LogP contribution >= 0.6 is 0 Å². The molecule has 0 bridgehead atoms. The van der Waals surface area contributed by atoms with Crippen LogP contribution in [-0.4, -0.2) is 12.5 Å². The fraction of sp³-hybridized carbons (Fsp3) is 0.333. The molecule has 0 saturated carbocycles. The number of aryl methyl sites for hydroxylation is 1. The Kier molecular flexibility index (Phi) is 2.39. The van der Waals surface area contributed by atoms with Gasteiger partial charge in [0, 0.05) is 10.9 Å². The predicted octanol–water partition coefficient (Wildman–Crippen LogP) is 2.23. The number of hydrogen-bond donors (Lipinski definition) is 0. The van der Waals surface area contributed by atoms with E-state index in [0.717, 1.165) is 0 Å². The van der Waals surface area contributed by atoms with Crippen LogP contribution in [0.4, 0.5) is 0 Å². The summed E-state index contributed by atoms with van der Waals surface area (Å²) in [6.07, 6.45) is 4.49. The van der Waals surface area contributed by atoms with Gasteiger partial charge in [0.1, 0.15) is 12.5 Å². The quantitative estimate of drug-likeness (QED) is 0.543. The summed E-state index contributed by atoms with van der Waals surface area (Å²) < 4.78 is 0. The van der Waals surface area contributed by atoms with Gasteiger partial charge in [0.15, 0.2) is 4.90 Å². The maximum Gasteiger partial charge on any atom is 0.154 e. The molecular formula is C9H13S+. The zero-order valence-corrected chi connectivity index (χ0v) is 7.53. The molecule has 1 rings (SSSR count). The Morgan fingerprint density at radius 3 is 2.30 bits per heavy atom. The van der Waals surface area contributed by atoms with E-state index >= 15 is 0 Å². The molecule has 1 aromatic carbocycles. The van der Waals surface area contributed by atoms with Crippen LogP contribution in [0.2, 0.25) is 0 Å². The lowest BCUT2D eigenvalue weighted by atomic mass is 10.2. The minimum atomic E-state index is 0.411. The summed E-state index contributed by atoms with van der Waals surface area (Å²) in [5.41, 5.74) is 1.36. The number of benzene rings is 1. The molecule has 0 nitrogen and oxygen atoms in total. The maximum absolute atomic E-state index is 2.25. The number of hydrogen-bond acceptors (Lipinski definition) is 0. The van der Waals surface area contributed by atoms with Crippen molar-refractivity contribution in [2.45, 2.75) is 11.8 Å². The molecule has 10 heavy (non-hydrogen) atoms. The minimum Gasteiger partial charge on any atom is -0.0590 e. The average molecular weight is 153 g/mol. The van der Waals surface area contributed by atoms with Gasteiger partial charge in [0.25, 0.3) is 0 Å². The molecule has 0 aromatic heterocycles. The highest BCUT2D eigenvalue weighted by molar-refractivity contribution is 7.95. The van der Waals surface area contributed by atoms with Gasteiger partial charge in [-0.15, -0.1) is 0 Å². The van der Waals surface area contributed by atoms with E-state index in [9.17, 15) is 0 Å². The van der Waals surface area contributed by atoms with E-state index in [1.807, 2.05) is 0 Å². The first-order valence-corrected chi connectivity index (χ1v) is 5.38. The highest BCUT2D eigenvalue weighted by Crippen LogP contribution is 2.09. The predicted molar refractivity (Wildman–Crippen MR) is 48.7 cm³/mol. The third-order valence-electron chi connectivity index (χ3n) is 1.46. The summed E-state index contributed by atoms with van der Waals surface area (Å²) in [6.45, 7) is 2.14. The third-order valence-corrected chi connectivity index (χ3v) is 2.66. The van der Waals surface area contributed by atoms with Crippen LogP contribution in [0.1, 0.15) is 5.56 Å². The van der Waals surface area contributed by atoms with Gasteiger partial charge in [0.2, 0.25) is 0 Å². The van der Waals surface area contributed by atoms with Crippen molar-refractivity contribution in [1.29, 1.82) is 0 Å². The molecule has 0 atom stereocenters. The highest BCUT2D eigenvalue weighted by Gasteiger charge is 2.05. The van der Waals surface area contributed by atoms with Crippen LogP contribution < -0.4 is 0 Å². The summed E-state index contributed by atoms with van der Waals surface area (Å²) in [5, 5.41) is 0. The van der Waals surface area contributed by atoms with E-state index < -0.39 is 0 Å². The van der Waals surface area contributed by atoms with Crippen molar-refractivity contribution in [2.75, 3.05) is 12.5 Å². The molecule has 1 aromatic rings. The van der Waals surface area contributed by atoms with Crippen molar-refractivity contribution < 1.29 is 0 Å². The first kappa shape index (κ1) is 7.67. The van der Waals surface area contributed by atoms with Crippen molar-refractivity contribution in [3.05, 3.63) is 29.8 Å². The van der Waals surface area contributed by atoms with E-state index in [-0.39, 0.29) is 0 Å². The summed E-state index contributed by atoms with van der Waals surface area (Å²) in [6, 6.07) is 8.70. The van der Waals surface area contributed by atoms with Gasteiger partial charge in [-0.2, -0.15) is 0 Å². The van der Waals surface area contributed by atoms with Gasteiger partial charge in [-0.05, 0) is 24.6 Å². The molecule has 0 amide bonds. The van der Waals surface area contributed by atoms with Gasteiger partial charge < -0.3 is 0 Å². The Labute approximate surface area is 65.6 Å².